The van der Waals surface area contributed by atoms with E-state index in [1.165, 1.54) is 0 Å². The third kappa shape index (κ3) is 3.35. The summed E-state index contributed by atoms with van der Waals surface area (Å²) in [4.78, 5) is 19.7. The molecule has 1 aliphatic rings. The van der Waals surface area contributed by atoms with Gasteiger partial charge in [-0.05, 0) is 43.3 Å². The van der Waals surface area contributed by atoms with E-state index in [2.05, 4.69) is 4.98 Å². The Labute approximate surface area is 178 Å². The molecule has 0 bridgehead atoms. The lowest BCUT2D eigenvalue weighted by atomic mass is 9.93. The largest absolute Gasteiger partial charge is 0.497 e. The summed E-state index contributed by atoms with van der Waals surface area (Å²) in [5, 5.41) is 10.9. The number of methoxy groups -OCH3 is 1. The lowest BCUT2D eigenvalue weighted by Crippen LogP contribution is -2.23. The van der Waals surface area contributed by atoms with E-state index in [9.17, 15) is 9.90 Å². The van der Waals surface area contributed by atoms with Crippen LogP contribution in [-0.2, 0) is 13.2 Å². The quantitative estimate of drug-likeness (QED) is 0.632. The van der Waals surface area contributed by atoms with E-state index in [-0.39, 0.29) is 12.5 Å². The molecule has 148 valence electrons. The Morgan fingerprint density at radius 1 is 1.14 bits per heavy atom. The minimum absolute atomic E-state index is 0.187. The summed E-state index contributed by atoms with van der Waals surface area (Å²) in [7, 11) is 1.59. The van der Waals surface area contributed by atoms with Crippen LogP contribution in [0.4, 0.5) is 5.69 Å². The van der Waals surface area contributed by atoms with Crippen LogP contribution in [0.3, 0.4) is 0 Å². The molecule has 2 aromatic carbocycles. The summed E-state index contributed by atoms with van der Waals surface area (Å²) in [6.45, 7) is 1.90. The zero-order chi connectivity index (χ0) is 20.7. The molecule has 3 aromatic rings. The predicted octanol–water partition coefficient (Wildman–Crippen LogP) is 5.03. The molecule has 0 atom stereocenters. The minimum atomic E-state index is -0.254. The third-order valence-corrected chi connectivity index (χ3v) is 5.64. The fraction of sp³-hybridized carbons (Fsp3) is 0.182. The van der Waals surface area contributed by atoms with Crippen molar-refractivity contribution in [2.45, 2.75) is 20.1 Å². The first-order valence-corrected chi connectivity index (χ1v) is 9.74. The van der Waals surface area contributed by atoms with E-state index >= 15 is 0 Å². The lowest BCUT2D eigenvalue weighted by molar-refractivity contribution is 0.0997. The van der Waals surface area contributed by atoms with Crippen LogP contribution < -0.4 is 9.64 Å². The van der Waals surface area contributed by atoms with Gasteiger partial charge in [-0.2, -0.15) is 0 Å². The van der Waals surface area contributed by atoms with E-state index in [0.717, 1.165) is 5.69 Å². The molecular weight excluding hydrogens is 411 g/mol. The number of benzene rings is 2. The Balaban J connectivity index is 1.89. The van der Waals surface area contributed by atoms with Gasteiger partial charge in [0.25, 0.3) is 5.91 Å². The first-order chi connectivity index (χ1) is 13.9. The maximum Gasteiger partial charge on any atom is 0.261 e. The normalized spacial score (nSPS) is 13.0. The maximum absolute atomic E-state index is 13.4. The van der Waals surface area contributed by atoms with Crippen LogP contribution >= 0.6 is 23.2 Å². The number of fused-ring (bicyclic) bond motifs is 1. The molecule has 1 aliphatic heterocycles. The summed E-state index contributed by atoms with van der Waals surface area (Å²) in [5.41, 5.74) is 4.35. The molecule has 0 spiro atoms. The summed E-state index contributed by atoms with van der Waals surface area (Å²) in [5.74, 6) is 0.525. The number of halogens is 2. The summed E-state index contributed by atoms with van der Waals surface area (Å²) in [6.07, 6.45) is 0. The molecule has 2 heterocycles. The molecule has 7 heteroatoms. The highest BCUT2D eigenvalue weighted by Crippen LogP contribution is 2.41. The van der Waals surface area contributed by atoms with Crippen molar-refractivity contribution in [1.29, 1.82) is 0 Å². The highest BCUT2D eigenvalue weighted by molar-refractivity contribution is 6.36. The minimum Gasteiger partial charge on any atom is -0.497 e. The lowest BCUT2D eigenvalue weighted by Gasteiger charge is -2.17. The van der Waals surface area contributed by atoms with Gasteiger partial charge in [-0.1, -0.05) is 29.3 Å². The van der Waals surface area contributed by atoms with Gasteiger partial charge >= 0.3 is 0 Å². The monoisotopic (exact) mass is 428 g/mol. The molecule has 0 saturated heterocycles. The first-order valence-electron chi connectivity index (χ1n) is 8.99. The second-order valence-corrected chi connectivity index (χ2v) is 7.59. The number of hydrogen-bond donors (Lipinski definition) is 1. The molecule has 4 rings (SSSR count). The number of aliphatic hydroxyl groups excluding tert-OH is 1. The zero-order valence-electron chi connectivity index (χ0n) is 15.9. The predicted molar refractivity (Wildman–Crippen MR) is 114 cm³/mol. The number of carbonyl (C=O) groups is 1. The highest BCUT2D eigenvalue weighted by Gasteiger charge is 2.35. The molecule has 1 N–H and O–H groups in total. The second-order valence-electron chi connectivity index (χ2n) is 6.74. The Bertz CT molecular complexity index is 1110. The summed E-state index contributed by atoms with van der Waals surface area (Å²) >= 11 is 12.5. The summed E-state index contributed by atoms with van der Waals surface area (Å²) < 4.78 is 5.20. The van der Waals surface area contributed by atoms with E-state index in [1.807, 2.05) is 19.1 Å². The molecule has 1 amide bonds. The Morgan fingerprint density at radius 3 is 2.48 bits per heavy atom. The number of aliphatic hydroxyl groups is 1. The number of pyridine rings is 1. The van der Waals surface area contributed by atoms with Crippen LogP contribution in [0.5, 0.6) is 5.75 Å². The molecular formula is C22H18Cl2N2O3. The van der Waals surface area contributed by atoms with Crippen molar-refractivity contribution >= 4 is 34.8 Å². The standard InChI is InChI=1S/C22H18Cl2N2O3/c1-12-17(11-27)20(16-8-3-13(23)9-18(16)24)21-19(25-12)10-26(22(21)28)14-4-6-15(29-2)7-5-14/h3-9,27H,10-11H2,1-2H3. The molecule has 5 nitrogen and oxygen atoms in total. The molecule has 29 heavy (non-hydrogen) atoms. The maximum atomic E-state index is 13.4. The molecule has 0 unspecified atom stereocenters. The van der Waals surface area contributed by atoms with E-state index in [0.29, 0.717) is 56.0 Å². The smallest absolute Gasteiger partial charge is 0.261 e. The van der Waals surface area contributed by atoms with Gasteiger partial charge in [-0.15, -0.1) is 0 Å². The van der Waals surface area contributed by atoms with Crippen molar-refractivity contribution < 1.29 is 14.6 Å². The van der Waals surface area contributed by atoms with Crippen LogP contribution in [0.2, 0.25) is 10.0 Å². The number of anilines is 1. The molecule has 1 aromatic heterocycles. The number of nitrogens with zero attached hydrogens (tertiary/aromatic N) is 2. The van der Waals surface area contributed by atoms with Crippen molar-refractivity contribution in [2.75, 3.05) is 12.0 Å². The van der Waals surface area contributed by atoms with Crippen LogP contribution in [0.1, 0.15) is 27.3 Å². The topological polar surface area (TPSA) is 62.7 Å². The Hall–Kier alpha value is -2.60. The van der Waals surface area contributed by atoms with Crippen molar-refractivity contribution in [1.82, 2.24) is 4.98 Å². The van der Waals surface area contributed by atoms with Gasteiger partial charge in [-0.3, -0.25) is 9.78 Å². The van der Waals surface area contributed by atoms with Gasteiger partial charge in [0, 0.05) is 38.1 Å². The van der Waals surface area contributed by atoms with Crippen LogP contribution in [-0.4, -0.2) is 23.1 Å². The average molecular weight is 429 g/mol. The Kier molecular flexibility index (Phi) is 5.21. The van der Waals surface area contributed by atoms with Crippen LogP contribution in [0.15, 0.2) is 42.5 Å². The fourth-order valence-electron chi connectivity index (χ4n) is 3.66. The number of hydrogen-bond acceptors (Lipinski definition) is 4. The number of amides is 1. The van der Waals surface area contributed by atoms with E-state index in [4.69, 9.17) is 27.9 Å². The average Bonchev–Trinajstić information content (AvgIpc) is 3.03. The van der Waals surface area contributed by atoms with Gasteiger partial charge < -0.3 is 14.7 Å². The number of ether oxygens (including phenoxy) is 1. The van der Waals surface area contributed by atoms with Crippen molar-refractivity contribution in [3.8, 4) is 16.9 Å². The van der Waals surface area contributed by atoms with Gasteiger partial charge in [0.2, 0.25) is 0 Å². The van der Waals surface area contributed by atoms with Crippen molar-refractivity contribution in [2.24, 2.45) is 0 Å². The van der Waals surface area contributed by atoms with Crippen molar-refractivity contribution in [3.63, 3.8) is 0 Å². The Morgan fingerprint density at radius 2 is 1.86 bits per heavy atom. The van der Waals surface area contributed by atoms with Crippen LogP contribution in [0, 0.1) is 6.92 Å². The number of aromatic nitrogens is 1. The van der Waals surface area contributed by atoms with E-state index in [1.54, 1.807) is 42.3 Å². The molecule has 0 radical (unpaired) electrons. The number of rotatable bonds is 4. The highest BCUT2D eigenvalue weighted by atomic mass is 35.5. The third-order valence-electron chi connectivity index (χ3n) is 5.09. The molecule has 0 fully saturated rings. The van der Waals surface area contributed by atoms with Gasteiger partial charge in [0.1, 0.15) is 5.75 Å². The fourth-order valence-corrected chi connectivity index (χ4v) is 4.16. The molecule has 0 aliphatic carbocycles. The second kappa shape index (κ2) is 7.67. The van der Waals surface area contributed by atoms with Gasteiger partial charge in [0.15, 0.2) is 0 Å². The van der Waals surface area contributed by atoms with Gasteiger partial charge in [0.05, 0.1) is 31.5 Å². The number of aryl methyl sites for hydroxylation is 1. The summed E-state index contributed by atoms with van der Waals surface area (Å²) in [6, 6.07) is 12.4. The SMILES string of the molecule is COc1ccc(N2Cc3nc(C)c(CO)c(-c4ccc(Cl)cc4Cl)c3C2=O)cc1. The first kappa shape index (κ1) is 19.7. The van der Waals surface area contributed by atoms with Crippen LogP contribution in [0.25, 0.3) is 11.1 Å². The van der Waals surface area contributed by atoms with Crippen molar-refractivity contribution in [3.05, 3.63) is 75.0 Å². The molecule has 0 saturated carbocycles. The number of carbonyl (C=O) groups excluding carboxylic acids is 1. The van der Waals surface area contributed by atoms with E-state index < -0.39 is 0 Å². The van der Waals surface area contributed by atoms with Gasteiger partial charge in [-0.25, -0.2) is 0 Å². The zero-order valence-corrected chi connectivity index (χ0v) is 17.4.